The fourth-order valence-electron chi connectivity index (χ4n) is 2.81. The number of ether oxygens (including phenoxy) is 1. The van der Waals surface area contributed by atoms with Gasteiger partial charge in [0.25, 0.3) is 0 Å². The normalized spacial score (nSPS) is 12.7. The van der Waals surface area contributed by atoms with Gasteiger partial charge in [-0.05, 0) is 38.9 Å². The molecule has 0 spiro atoms. The number of rotatable bonds is 10. The molecule has 6 nitrogen and oxygen atoms in total. The summed E-state index contributed by atoms with van der Waals surface area (Å²) in [7, 11) is 3.79. The third-order valence-corrected chi connectivity index (χ3v) is 4.62. The Morgan fingerprint density at radius 2 is 1.93 bits per heavy atom. The van der Waals surface area contributed by atoms with Gasteiger partial charge in [0.05, 0.1) is 19.3 Å². The zero-order valence-corrected chi connectivity index (χ0v) is 17.5. The summed E-state index contributed by atoms with van der Waals surface area (Å²) in [6.07, 6.45) is 1.03. The first-order chi connectivity index (χ1) is 13.6. The number of aliphatic imine (C=N–C) groups is 1. The molecule has 0 aliphatic carbocycles. The molecule has 6 heteroatoms. The molecule has 0 saturated carbocycles. The first-order valence-electron chi connectivity index (χ1n) is 9.88. The molecule has 2 rings (SSSR count). The second-order valence-corrected chi connectivity index (χ2v) is 6.83. The Morgan fingerprint density at radius 1 is 1.14 bits per heavy atom. The lowest BCUT2D eigenvalue weighted by molar-refractivity contribution is 0.238. The lowest BCUT2D eigenvalue weighted by atomic mass is 10.1. The van der Waals surface area contributed by atoms with Crippen LogP contribution in [0.15, 0.2) is 53.5 Å². The summed E-state index contributed by atoms with van der Waals surface area (Å²) in [5.74, 6) is 1.42. The number of nitrogens with zero attached hydrogens (tertiary/aromatic N) is 3. The smallest absolute Gasteiger partial charge is 0.213 e. The number of pyridine rings is 1. The van der Waals surface area contributed by atoms with Crippen molar-refractivity contribution in [2.75, 3.05) is 27.2 Å². The summed E-state index contributed by atoms with van der Waals surface area (Å²) in [6.45, 7) is 7.47. The minimum Gasteiger partial charge on any atom is -0.481 e. The SMILES string of the molecule is CCNC(=NCc1cccc(OC)n1)NCCC(C)N(C)Cc1ccccc1. The van der Waals surface area contributed by atoms with Gasteiger partial charge >= 0.3 is 0 Å². The third-order valence-electron chi connectivity index (χ3n) is 4.62. The van der Waals surface area contributed by atoms with E-state index in [1.165, 1.54) is 5.56 Å². The van der Waals surface area contributed by atoms with Crippen LogP contribution in [-0.2, 0) is 13.1 Å². The van der Waals surface area contributed by atoms with Crippen LogP contribution in [0.4, 0.5) is 0 Å². The Kier molecular flexibility index (Phi) is 9.28. The van der Waals surface area contributed by atoms with Crippen LogP contribution >= 0.6 is 0 Å². The van der Waals surface area contributed by atoms with Gasteiger partial charge in [0, 0.05) is 31.7 Å². The van der Waals surface area contributed by atoms with Crippen molar-refractivity contribution in [3.63, 3.8) is 0 Å². The van der Waals surface area contributed by atoms with E-state index >= 15 is 0 Å². The molecule has 1 atom stereocenters. The van der Waals surface area contributed by atoms with Crippen molar-refractivity contribution in [2.45, 2.75) is 39.4 Å². The Hall–Kier alpha value is -2.60. The second-order valence-electron chi connectivity index (χ2n) is 6.83. The van der Waals surface area contributed by atoms with E-state index in [-0.39, 0.29) is 0 Å². The molecule has 0 fully saturated rings. The van der Waals surface area contributed by atoms with E-state index in [9.17, 15) is 0 Å². The fraction of sp³-hybridized carbons (Fsp3) is 0.455. The molecule has 0 amide bonds. The molecule has 0 aliphatic rings. The molecular formula is C22H33N5O. The topological polar surface area (TPSA) is 61.8 Å². The van der Waals surface area contributed by atoms with Crippen molar-refractivity contribution in [2.24, 2.45) is 4.99 Å². The number of methoxy groups -OCH3 is 1. The number of benzene rings is 1. The van der Waals surface area contributed by atoms with Crippen molar-refractivity contribution in [3.8, 4) is 5.88 Å². The van der Waals surface area contributed by atoms with Gasteiger partial charge < -0.3 is 15.4 Å². The van der Waals surface area contributed by atoms with E-state index in [0.717, 1.165) is 37.7 Å². The maximum atomic E-state index is 5.17. The largest absolute Gasteiger partial charge is 0.481 e. The van der Waals surface area contributed by atoms with Gasteiger partial charge in [-0.3, -0.25) is 4.90 Å². The quantitative estimate of drug-likeness (QED) is 0.488. The minimum absolute atomic E-state index is 0.468. The van der Waals surface area contributed by atoms with Crippen LogP contribution in [0.1, 0.15) is 31.5 Å². The van der Waals surface area contributed by atoms with Crippen LogP contribution in [-0.4, -0.2) is 49.1 Å². The first-order valence-corrected chi connectivity index (χ1v) is 9.88. The zero-order chi connectivity index (χ0) is 20.2. The number of hydrogen-bond donors (Lipinski definition) is 2. The monoisotopic (exact) mass is 383 g/mol. The minimum atomic E-state index is 0.468. The van der Waals surface area contributed by atoms with E-state index < -0.39 is 0 Å². The highest BCUT2D eigenvalue weighted by molar-refractivity contribution is 5.79. The van der Waals surface area contributed by atoms with E-state index in [2.05, 4.69) is 76.7 Å². The molecule has 28 heavy (non-hydrogen) atoms. The molecule has 1 heterocycles. The average Bonchev–Trinajstić information content (AvgIpc) is 2.72. The Labute approximate surface area is 169 Å². The Balaban J connectivity index is 1.81. The first kappa shape index (κ1) is 21.7. The van der Waals surface area contributed by atoms with Gasteiger partial charge in [0.15, 0.2) is 5.96 Å². The molecule has 1 unspecified atom stereocenters. The summed E-state index contributed by atoms with van der Waals surface area (Å²) in [5.41, 5.74) is 2.22. The van der Waals surface area contributed by atoms with Crippen LogP contribution in [0.2, 0.25) is 0 Å². The highest BCUT2D eigenvalue weighted by Gasteiger charge is 2.10. The van der Waals surface area contributed by atoms with Crippen LogP contribution < -0.4 is 15.4 Å². The van der Waals surface area contributed by atoms with Crippen LogP contribution in [0.3, 0.4) is 0 Å². The summed E-state index contributed by atoms with van der Waals surface area (Å²) >= 11 is 0. The number of hydrogen-bond acceptors (Lipinski definition) is 4. The summed E-state index contributed by atoms with van der Waals surface area (Å²) in [5, 5.41) is 6.71. The molecule has 0 radical (unpaired) electrons. The summed E-state index contributed by atoms with van der Waals surface area (Å²) < 4.78 is 5.17. The molecule has 0 aliphatic heterocycles. The molecular weight excluding hydrogens is 350 g/mol. The van der Waals surface area contributed by atoms with Gasteiger partial charge in [-0.1, -0.05) is 36.4 Å². The predicted octanol–water partition coefficient (Wildman–Crippen LogP) is 3.06. The van der Waals surface area contributed by atoms with Crippen LogP contribution in [0.5, 0.6) is 5.88 Å². The summed E-state index contributed by atoms with van der Waals surface area (Å²) in [4.78, 5) is 11.4. The van der Waals surface area contributed by atoms with Gasteiger partial charge in [-0.25, -0.2) is 9.98 Å². The van der Waals surface area contributed by atoms with Crippen molar-refractivity contribution in [1.29, 1.82) is 0 Å². The van der Waals surface area contributed by atoms with Crippen LogP contribution in [0, 0.1) is 0 Å². The standard InChI is InChI=1S/C22H33N5O/c1-5-23-22(25-16-20-12-9-13-21(26-20)28-4)24-15-14-18(2)27(3)17-19-10-7-6-8-11-19/h6-13,18H,5,14-17H2,1-4H3,(H2,23,24,25). The third kappa shape index (κ3) is 7.56. The van der Waals surface area contributed by atoms with Crippen molar-refractivity contribution in [1.82, 2.24) is 20.5 Å². The highest BCUT2D eigenvalue weighted by atomic mass is 16.5. The fourth-order valence-corrected chi connectivity index (χ4v) is 2.81. The maximum Gasteiger partial charge on any atom is 0.213 e. The van der Waals surface area contributed by atoms with E-state index in [1.807, 2.05) is 18.2 Å². The van der Waals surface area contributed by atoms with Crippen molar-refractivity contribution < 1.29 is 4.74 Å². The average molecular weight is 384 g/mol. The van der Waals surface area contributed by atoms with Gasteiger partial charge in [0.1, 0.15) is 0 Å². The Morgan fingerprint density at radius 3 is 2.64 bits per heavy atom. The molecule has 0 bridgehead atoms. The number of aromatic nitrogens is 1. The van der Waals surface area contributed by atoms with E-state index in [0.29, 0.717) is 18.5 Å². The zero-order valence-electron chi connectivity index (χ0n) is 17.5. The summed E-state index contributed by atoms with van der Waals surface area (Å²) in [6, 6.07) is 16.8. The molecule has 1 aromatic carbocycles. The molecule has 2 aromatic rings. The van der Waals surface area contributed by atoms with Crippen LogP contribution in [0.25, 0.3) is 0 Å². The molecule has 2 N–H and O–H groups in total. The molecule has 1 aromatic heterocycles. The van der Waals surface area contributed by atoms with Gasteiger partial charge in [-0.2, -0.15) is 0 Å². The predicted molar refractivity (Wildman–Crippen MR) is 116 cm³/mol. The maximum absolute atomic E-state index is 5.17. The van der Waals surface area contributed by atoms with Crippen molar-refractivity contribution >= 4 is 5.96 Å². The van der Waals surface area contributed by atoms with Crippen molar-refractivity contribution in [3.05, 3.63) is 59.8 Å². The molecule has 0 saturated heterocycles. The second kappa shape index (κ2) is 12.0. The number of nitrogens with one attached hydrogen (secondary N) is 2. The van der Waals surface area contributed by atoms with Gasteiger partial charge in [-0.15, -0.1) is 0 Å². The lowest BCUT2D eigenvalue weighted by Gasteiger charge is -2.25. The molecule has 152 valence electrons. The number of guanidine groups is 1. The highest BCUT2D eigenvalue weighted by Crippen LogP contribution is 2.09. The van der Waals surface area contributed by atoms with E-state index in [4.69, 9.17) is 4.74 Å². The Bertz CT molecular complexity index is 720. The lowest BCUT2D eigenvalue weighted by Crippen LogP contribution is -2.40. The van der Waals surface area contributed by atoms with E-state index in [1.54, 1.807) is 7.11 Å². The van der Waals surface area contributed by atoms with Gasteiger partial charge in [0.2, 0.25) is 5.88 Å².